The van der Waals surface area contributed by atoms with Gasteiger partial charge in [0.1, 0.15) is 0 Å². The average molecular weight is 101 g/mol. The van der Waals surface area contributed by atoms with Crippen LogP contribution in [0.4, 0.5) is 0 Å². The molecule has 0 aliphatic carbocycles. The van der Waals surface area contributed by atoms with Crippen LogP contribution in [-0.4, -0.2) is 12.7 Å². The summed E-state index contributed by atoms with van der Waals surface area (Å²) in [6.07, 6.45) is 3.80. The van der Waals surface area contributed by atoms with Crippen molar-refractivity contribution in [3.8, 4) is 0 Å². The van der Waals surface area contributed by atoms with E-state index >= 15 is 0 Å². The standard InChI is InChI=1S/C6H12O/c1-2-3-4-6-5-7-6/h6H,2-5H2,1H3/t6-/m0/s1/i5D/t5-,6-. The largest absolute Gasteiger partial charge is 0.373 e. The number of hydrogen-bond acceptors (Lipinski definition) is 1. The Morgan fingerprint density at radius 3 is 3.14 bits per heavy atom. The van der Waals surface area contributed by atoms with Gasteiger partial charge in [0, 0.05) is 0 Å². The predicted molar refractivity (Wildman–Crippen MR) is 29.3 cm³/mol. The molecule has 0 bridgehead atoms. The van der Waals surface area contributed by atoms with E-state index in [9.17, 15) is 0 Å². The van der Waals surface area contributed by atoms with Crippen LogP contribution in [-0.2, 0) is 4.74 Å². The van der Waals surface area contributed by atoms with Crippen LogP contribution in [0.15, 0.2) is 0 Å². The zero-order valence-electron chi connectivity index (χ0n) is 5.68. The molecule has 0 aromatic carbocycles. The Morgan fingerprint density at radius 2 is 2.71 bits per heavy atom. The third kappa shape index (κ3) is 1.93. The quantitative estimate of drug-likeness (QED) is 0.492. The number of hydrogen-bond donors (Lipinski definition) is 0. The lowest BCUT2D eigenvalue weighted by Gasteiger charge is -1.86. The lowest BCUT2D eigenvalue weighted by molar-refractivity contribution is 0.391. The summed E-state index contributed by atoms with van der Waals surface area (Å²) in [4.78, 5) is 0. The van der Waals surface area contributed by atoms with Gasteiger partial charge in [-0.3, -0.25) is 0 Å². The molecule has 0 saturated carbocycles. The number of rotatable bonds is 3. The highest BCUT2D eigenvalue weighted by molar-refractivity contribution is 4.67. The molecular weight excluding hydrogens is 88.1 g/mol. The molecule has 1 fully saturated rings. The Bertz CT molecular complexity index is 74.9. The Labute approximate surface area is 46.1 Å². The molecule has 42 valence electrons. The van der Waals surface area contributed by atoms with Crippen LogP contribution in [0.25, 0.3) is 0 Å². The molecule has 1 heteroatoms. The van der Waals surface area contributed by atoms with Crippen molar-refractivity contribution < 1.29 is 6.11 Å². The molecule has 2 atom stereocenters. The van der Waals surface area contributed by atoms with Gasteiger partial charge in [0.2, 0.25) is 0 Å². The zero-order valence-corrected chi connectivity index (χ0v) is 4.68. The van der Waals surface area contributed by atoms with Crippen molar-refractivity contribution in [2.75, 3.05) is 6.58 Å². The van der Waals surface area contributed by atoms with E-state index in [1.165, 1.54) is 12.8 Å². The van der Waals surface area contributed by atoms with E-state index in [2.05, 4.69) is 6.92 Å². The van der Waals surface area contributed by atoms with Gasteiger partial charge in [-0.15, -0.1) is 0 Å². The molecule has 0 radical (unpaired) electrons. The fourth-order valence-electron chi connectivity index (χ4n) is 0.597. The third-order valence-corrected chi connectivity index (χ3v) is 1.17. The van der Waals surface area contributed by atoms with Gasteiger partial charge in [0.15, 0.2) is 0 Å². The molecule has 1 rings (SSSR count). The highest BCUT2D eigenvalue weighted by atomic mass is 16.6. The SMILES string of the molecule is [2H][C@@H]1O[C@H]1CCCC. The number of epoxide rings is 1. The van der Waals surface area contributed by atoms with Crippen molar-refractivity contribution in [2.45, 2.75) is 32.3 Å². The Kier molecular flexibility index (Phi) is 1.29. The van der Waals surface area contributed by atoms with Gasteiger partial charge in [-0.2, -0.15) is 0 Å². The van der Waals surface area contributed by atoms with Crippen LogP contribution < -0.4 is 0 Å². The van der Waals surface area contributed by atoms with E-state index < -0.39 is 0 Å². The normalized spacial score (nSPS) is 40.4. The Hall–Kier alpha value is -0.0400. The molecule has 1 aliphatic rings. The Balaban J connectivity index is 1.89. The van der Waals surface area contributed by atoms with Crippen molar-refractivity contribution in [2.24, 2.45) is 0 Å². The predicted octanol–water partition coefficient (Wildman–Crippen LogP) is 1.58. The van der Waals surface area contributed by atoms with Gasteiger partial charge in [0.05, 0.1) is 14.1 Å². The smallest absolute Gasteiger partial charge is 0.0810 e. The summed E-state index contributed by atoms with van der Waals surface area (Å²) in [5.41, 5.74) is 0. The minimum Gasteiger partial charge on any atom is -0.373 e. The van der Waals surface area contributed by atoms with E-state index in [1.807, 2.05) is 0 Å². The second kappa shape index (κ2) is 2.31. The maximum absolute atomic E-state index is 7.01. The minimum absolute atomic E-state index is 0.179. The first-order valence-electron chi connectivity index (χ1n) is 3.50. The molecule has 0 N–H and O–H groups in total. The van der Waals surface area contributed by atoms with Gasteiger partial charge in [-0.1, -0.05) is 19.8 Å². The second-order valence-electron chi connectivity index (χ2n) is 1.95. The summed E-state index contributed by atoms with van der Waals surface area (Å²) < 4.78 is 11.9. The number of unbranched alkanes of at least 4 members (excludes halogenated alkanes) is 1. The van der Waals surface area contributed by atoms with E-state index in [-0.39, 0.29) is 12.7 Å². The van der Waals surface area contributed by atoms with Crippen molar-refractivity contribution in [3.05, 3.63) is 0 Å². The summed E-state index contributed by atoms with van der Waals surface area (Å²) in [5, 5.41) is 0. The first-order valence-corrected chi connectivity index (χ1v) is 2.92. The minimum atomic E-state index is -0.179. The summed E-state index contributed by atoms with van der Waals surface area (Å²) in [7, 11) is 0. The van der Waals surface area contributed by atoms with E-state index in [1.54, 1.807) is 0 Å². The second-order valence-corrected chi connectivity index (χ2v) is 1.95. The Morgan fingerprint density at radius 1 is 2.00 bits per heavy atom. The molecule has 0 spiro atoms. The molecule has 0 amide bonds. The molecule has 1 nitrogen and oxygen atoms in total. The van der Waals surface area contributed by atoms with Gasteiger partial charge in [-0.25, -0.2) is 0 Å². The molecule has 1 saturated heterocycles. The lowest BCUT2D eigenvalue weighted by Crippen LogP contribution is -1.81. The van der Waals surface area contributed by atoms with Crippen molar-refractivity contribution in [1.29, 1.82) is 0 Å². The molecular formula is C6H12O. The summed E-state index contributed by atoms with van der Waals surface area (Å²) in [6.45, 7) is 1.97. The summed E-state index contributed by atoms with van der Waals surface area (Å²) in [6, 6.07) is 0. The molecule has 1 aliphatic heterocycles. The fourth-order valence-corrected chi connectivity index (χ4v) is 0.597. The zero-order chi connectivity index (χ0) is 5.98. The van der Waals surface area contributed by atoms with Gasteiger partial charge >= 0.3 is 0 Å². The summed E-state index contributed by atoms with van der Waals surface area (Å²) in [5.74, 6) is 0. The highest BCUT2D eigenvalue weighted by Crippen LogP contribution is 2.15. The van der Waals surface area contributed by atoms with E-state index in [0.717, 1.165) is 6.42 Å². The maximum Gasteiger partial charge on any atom is 0.0810 e. The fraction of sp³-hybridized carbons (Fsp3) is 1.00. The van der Waals surface area contributed by atoms with Crippen LogP contribution in [0.1, 0.15) is 27.6 Å². The lowest BCUT2D eigenvalue weighted by atomic mass is 10.2. The van der Waals surface area contributed by atoms with Crippen LogP contribution >= 0.6 is 0 Å². The van der Waals surface area contributed by atoms with E-state index in [0.29, 0.717) is 0 Å². The third-order valence-electron chi connectivity index (χ3n) is 1.17. The van der Waals surface area contributed by atoms with E-state index in [4.69, 9.17) is 6.11 Å². The van der Waals surface area contributed by atoms with Crippen LogP contribution in [0, 0.1) is 0 Å². The molecule has 0 aromatic rings. The van der Waals surface area contributed by atoms with Gasteiger partial charge < -0.3 is 4.74 Å². The molecule has 0 unspecified atom stereocenters. The topological polar surface area (TPSA) is 12.5 Å². The van der Waals surface area contributed by atoms with Crippen LogP contribution in [0.2, 0.25) is 0 Å². The molecule has 1 heterocycles. The summed E-state index contributed by atoms with van der Waals surface area (Å²) >= 11 is 0. The first kappa shape index (κ1) is 3.90. The molecule has 7 heavy (non-hydrogen) atoms. The number of ether oxygens (including phenoxy) is 1. The van der Waals surface area contributed by atoms with Crippen molar-refractivity contribution in [3.63, 3.8) is 0 Å². The van der Waals surface area contributed by atoms with Gasteiger partial charge in [0.25, 0.3) is 0 Å². The molecule has 0 aromatic heterocycles. The highest BCUT2D eigenvalue weighted by Gasteiger charge is 2.20. The van der Waals surface area contributed by atoms with Crippen molar-refractivity contribution in [1.82, 2.24) is 0 Å². The average Bonchev–Trinajstić information content (AvgIpc) is 2.42. The maximum atomic E-state index is 7.01. The van der Waals surface area contributed by atoms with Crippen LogP contribution in [0.5, 0.6) is 0 Å². The van der Waals surface area contributed by atoms with Crippen LogP contribution in [0.3, 0.4) is 0 Å². The van der Waals surface area contributed by atoms with Crippen molar-refractivity contribution >= 4 is 0 Å². The first-order chi connectivity index (χ1) is 3.84. The monoisotopic (exact) mass is 101 g/mol. The van der Waals surface area contributed by atoms with Gasteiger partial charge in [-0.05, 0) is 6.42 Å².